The maximum absolute atomic E-state index is 13.8. The molecule has 3 atom stereocenters. The van der Waals surface area contributed by atoms with Crippen molar-refractivity contribution in [2.45, 2.75) is 70.1 Å². The highest BCUT2D eigenvalue weighted by Gasteiger charge is 2.51. The van der Waals surface area contributed by atoms with Crippen molar-refractivity contribution < 1.29 is 28.2 Å². The molecule has 1 aliphatic carbocycles. The number of esters is 1. The van der Waals surface area contributed by atoms with E-state index in [-0.39, 0.29) is 43.4 Å². The van der Waals surface area contributed by atoms with E-state index in [2.05, 4.69) is 10.6 Å². The van der Waals surface area contributed by atoms with Gasteiger partial charge in [-0.05, 0) is 61.6 Å². The molecule has 2 aromatic rings. The van der Waals surface area contributed by atoms with Gasteiger partial charge in [-0.2, -0.15) is 0 Å². The first-order chi connectivity index (χ1) is 18.4. The molecule has 3 amide bonds. The van der Waals surface area contributed by atoms with Gasteiger partial charge in [-0.15, -0.1) is 0 Å². The molecule has 0 radical (unpaired) electrons. The van der Waals surface area contributed by atoms with E-state index < -0.39 is 24.0 Å². The third-order valence-corrected chi connectivity index (χ3v) is 7.39. The number of amides is 3. The summed E-state index contributed by atoms with van der Waals surface area (Å²) >= 11 is 0. The molecule has 9 heteroatoms. The monoisotopic (exact) mass is 525 g/mol. The minimum Gasteiger partial charge on any atom is -0.497 e. The van der Waals surface area contributed by atoms with Gasteiger partial charge in [-0.1, -0.05) is 43.5 Å². The van der Waals surface area contributed by atoms with Crippen LogP contribution in [0.2, 0.25) is 0 Å². The summed E-state index contributed by atoms with van der Waals surface area (Å²) in [5.41, 5.74) is 1.45. The molecule has 4 rings (SSSR count). The van der Waals surface area contributed by atoms with Crippen molar-refractivity contribution in [3.63, 3.8) is 0 Å². The molecule has 1 saturated carbocycles. The Balaban J connectivity index is 1.64. The van der Waals surface area contributed by atoms with Gasteiger partial charge >= 0.3 is 12.0 Å². The average Bonchev–Trinajstić information content (AvgIpc) is 3.34. The number of nitrogens with zero attached hydrogens (tertiary/aromatic N) is 1. The molecule has 0 bridgehead atoms. The van der Waals surface area contributed by atoms with Crippen LogP contribution in [0.25, 0.3) is 0 Å². The minimum atomic E-state index is -0.888. The first kappa shape index (κ1) is 27.4. The number of nitrogens with one attached hydrogen (secondary N) is 2. The van der Waals surface area contributed by atoms with Gasteiger partial charge in [-0.3, -0.25) is 9.59 Å². The van der Waals surface area contributed by atoms with Gasteiger partial charge in [0, 0.05) is 12.6 Å². The van der Waals surface area contributed by atoms with Gasteiger partial charge in [0.2, 0.25) is 5.91 Å². The molecule has 2 aliphatic rings. The van der Waals surface area contributed by atoms with Crippen molar-refractivity contribution in [2.24, 2.45) is 5.92 Å². The number of carbonyl (C=O) groups is 3. The average molecular weight is 526 g/mol. The number of likely N-dealkylation sites (tertiary alicyclic amines) is 1. The number of hydrogen-bond donors (Lipinski definition) is 2. The first-order valence-electron chi connectivity index (χ1n) is 13.3. The summed E-state index contributed by atoms with van der Waals surface area (Å²) < 4.78 is 24.0. The van der Waals surface area contributed by atoms with Crippen LogP contribution in [0.3, 0.4) is 0 Å². The lowest BCUT2D eigenvalue weighted by atomic mass is 9.93. The number of halogens is 1. The minimum absolute atomic E-state index is 0.0253. The number of methoxy groups -OCH3 is 1. The van der Waals surface area contributed by atoms with E-state index in [4.69, 9.17) is 9.47 Å². The number of carbonyl (C=O) groups excluding carboxylic acids is 3. The van der Waals surface area contributed by atoms with Crippen LogP contribution in [0.1, 0.15) is 62.6 Å². The highest BCUT2D eigenvalue weighted by atomic mass is 19.1. The van der Waals surface area contributed by atoms with Crippen LogP contribution in [0.4, 0.5) is 9.18 Å². The van der Waals surface area contributed by atoms with Crippen LogP contribution in [0, 0.1) is 11.7 Å². The molecule has 3 unspecified atom stereocenters. The fraction of sp³-hybridized carbons (Fsp3) is 0.483. The van der Waals surface area contributed by atoms with E-state index in [0.717, 1.165) is 43.2 Å². The van der Waals surface area contributed by atoms with E-state index in [1.807, 2.05) is 12.1 Å². The van der Waals surface area contributed by atoms with Crippen LogP contribution >= 0.6 is 0 Å². The topological polar surface area (TPSA) is 97.0 Å². The maximum atomic E-state index is 13.8. The van der Waals surface area contributed by atoms with Gasteiger partial charge in [0.15, 0.2) is 0 Å². The molecule has 0 aromatic heterocycles. The third kappa shape index (κ3) is 6.44. The van der Waals surface area contributed by atoms with E-state index in [1.165, 1.54) is 17.0 Å². The summed E-state index contributed by atoms with van der Waals surface area (Å²) in [6.45, 7) is 2.10. The van der Waals surface area contributed by atoms with Crippen molar-refractivity contribution >= 4 is 17.9 Å². The Hall–Kier alpha value is -3.62. The van der Waals surface area contributed by atoms with Gasteiger partial charge in [-0.25, -0.2) is 9.18 Å². The Morgan fingerprint density at radius 1 is 1.00 bits per heavy atom. The lowest BCUT2D eigenvalue weighted by Gasteiger charge is -2.33. The summed E-state index contributed by atoms with van der Waals surface area (Å²) in [5, 5.41) is 6.00. The van der Waals surface area contributed by atoms with Gasteiger partial charge in [0.1, 0.15) is 17.6 Å². The number of urea groups is 1. The standard InChI is InChI=1S/C29H36FN3O5/c1-3-38-28(35)24-17-25(27(34)31-18-19-9-13-21(30)14-10-19)33(29(36)32-22-7-5-4-6-8-22)26(24)20-11-15-23(37-2)16-12-20/h9-16,22,24-26H,3-8,17-18H2,1-2H3,(H,31,34)(H,32,36). The van der Waals surface area contributed by atoms with Crippen LogP contribution in [0.5, 0.6) is 5.75 Å². The Labute approximate surface area is 222 Å². The van der Waals surface area contributed by atoms with Crippen molar-refractivity contribution in [1.82, 2.24) is 15.5 Å². The predicted octanol–water partition coefficient (Wildman–Crippen LogP) is 4.49. The van der Waals surface area contributed by atoms with E-state index >= 15 is 0 Å². The zero-order chi connectivity index (χ0) is 27.1. The van der Waals surface area contributed by atoms with Crippen LogP contribution in [-0.2, 0) is 20.9 Å². The molecule has 2 aromatic carbocycles. The second kappa shape index (κ2) is 12.8. The first-order valence-corrected chi connectivity index (χ1v) is 13.3. The van der Waals surface area contributed by atoms with E-state index in [1.54, 1.807) is 38.3 Å². The summed E-state index contributed by atoms with van der Waals surface area (Å²) in [5.74, 6) is -1.26. The van der Waals surface area contributed by atoms with Crippen LogP contribution in [0.15, 0.2) is 48.5 Å². The molecular weight excluding hydrogens is 489 g/mol. The number of ether oxygens (including phenoxy) is 2. The zero-order valence-electron chi connectivity index (χ0n) is 22.0. The molecule has 38 heavy (non-hydrogen) atoms. The van der Waals surface area contributed by atoms with E-state index in [0.29, 0.717) is 5.75 Å². The Morgan fingerprint density at radius 2 is 1.68 bits per heavy atom. The SMILES string of the molecule is CCOC(=O)C1CC(C(=O)NCc2ccc(F)cc2)N(C(=O)NC2CCCCC2)C1c1ccc(OC)cc1. The van der Waals surface area contributed by atoms with Crippen LogP contribution < -0.4 is 15.4 Å². The summed E-state index contributed by atoms with van der Waals surface area (Å²) in [6.07, 6.45) is 5.12. The summed E-state index contributed by atoms with van der Waals surface area (Å²) in [4.78, 5) is 41.9. The molecule has 0 spiro atoms. The third-order valence-electron chi connectivity index (χ3n) is 7.39. The second-order valence-corrected chi connectivity index (χ2v) is 9.86. The summed E-state index contributed by atoms with van der Waals surface area (Å²) in [6, 6.07) is 11.1. The van der Waals surface area contributed by atoms with E-state index in [9.17, 15) is 18.8 Å². The van der Waals surface area contributed by atoms with Gasteiger partial charge in [0.25, 0.3) is 0 Å². The normalized spacial score (nSPS) is 21.6. The van der Waals surface area contributed by atoms with Crippen LogP contribution in [-0.4, -0.2) is 48.6 Å². The van der Waals surface area contributed by atoms with Gasteiger partial charge < -0.3 is 25.0 Å². The molecule has 1 heterocycles. The highest BCUT2D eigenvalue weighted by molar-refractivity contribution is 5.90. The molecule has 2 N–H and O–H groups in total. The molecule has 1 aliphatic heterocycles. The molecule has 8 nitrogen and oxygen atoms in total. The number of benzene rings is 2. The predicted molar refractivity (Wildman–Crippen MR) is 140 cm³/mol. The Morgan fingerprint density at radius 3 is 2.32 bits per heavy atom. The molecule has 1 saturated heterocycles. The highest BCUT2D eigenvalue weighted by Crippen LogP contribution is 2.42. The molecular formula is C29H36FN3O5. The Kier molecular flexibility index (Phi) is 9.20. The number of rotatable bonds is 8. The summed E-state index contributed by atoms with van der Waals surface area (Å²) in [7, 11) is 1.57. The lowest BCUT2D eigenvalue weighted by molar-refractivity contribution is -0.148. The number of hydrogen-bond acceptors (Lipinski definition) is 5. The maximum Gasteiger partial charge on any atom is 0.318 e. The second-order valence-electron chi connectivity index (χ2n) is 9.86. The largest absolute Gasteiger partial charge is 0.497 e. The molecule has 2 fully saturated rings. The fourth-order valence-corrected chi connectivity index (χ4v) is 5.45. The van der Waals surface area contributed by atoms with Crippen molar-refractivity contribution in [3.05, 3.63) is 65.5 Å². The van der Waals surface area contributed by atoms with Crippen molar-refractivity contribution in [3.8, 4) is 5.75 Å². The molecule has 204 valence electrons. The quantitative estimate of drug-likeness (QED) is 0.495. The zero-order valence-corrected chi connectivity index (χ0v) is 22.0. The smallest absolute Gasteiger partial charge is 0.318 e. The Bertz CT molecular complexity index is 1100. The lowest BCUT2D eigenvalue weighted by Crippen LogP contribution is -2.52. The van der Waals surface area contributed by atoms with Gasteiger partial charge in [0.05, 0.1) is 25.7 Å². The van der Waals surface area contributed by atoms with Crippen molar-refractivity contribution in [2.75, 3.05) is 13.7 Å². The van der Waals surface area contributed by atoms with Crippen molar-refractivity contribution in [1.29, 1.82) is 0 Å². The fourth-order valence-electron chi connectivity index (χ4n) is 5.45.